The van der Waals surface area contributed by atoms with Gasteiger partial charge >= 0.3 is 5.97 Å². The summed E-state index contributed by atoms with van der Waals surface area (Å²) in [5.74, 6) is -0.849. The Morgan fingerprint density at radius 2 is 2.00 bits per heavy atom. The first-order valence-electron chi connectivity index (χ1n) is 5.29. The van der Waals surface area contributed by atoms with E-state index in [-0.39, 0.29) is 18.1 Å². The minimum atomic E-state index is -1.01. The van der Waals surface area contributed by atoms with Gasteiger partial charge in [0.25, 0.3) is 0 Å². The van der Waals surface area contributed by atoms with Crippen molar-refractivity contribution in [2.45, 2.75) is 52.1 Å². The summed E-state index contributed by atoms with van der Waals surface area (Å²) in [6.45, 7) is 6.14. The number of aliphatic hydroxyl groups excluding tert-OH is 1. The van der Waals surface area contributed by atoms with E-state index in [1.54, 1.807) is 13.8 Å². The van der Waals surface area contributed by atoms with Crippen LogP contribution in [0.3, 0.4) is 0 Å². The Balaban J connectivity index is 2.88. The Morgan fingerprint density at radius 3 is 2.44 bits per heavy atom. The number of ether oxygens (including phenoxy) is 2. The van der Waals surface area contributed by atoms with E-state index in [0.717, 1.165) is 0 Å². The molecule has 4 atom stereocenters. The van der Waals surface area contributed by atoms with Gasteiger partial charge in [0.2, 0.25) is 0 Å². The van der Waals surface area contributed by atoms with Crippen LogP contribution in [0.5, 0.6) is 0 Å². The van der Waals surface area contributed by atoms with Gasteiger partial charge in [-0.25, -0.2) is 0 Å². The lowest BCUT2D eigenvalue weighted by Gasteiger charge is -2.29. The predicted octanol–water partition coefficient (Wildman–Crippen LogP) is 0.641. The van der Waals surface area contributed by atoms with Crippen molar-refractivity contribution in [1.29, 1.82) is 0 Å². The van der Waals surface area contributed by atoms with Crippen molar-refractivity contribution >= 4 is 11.8 Å². The van der Waals surface area contributed by atoms with Crippen LogP contribution in [-0.4, -0.2) is 34.9 Å². The highest BCUT2D eigenvalue weighted by molar-refractivity contribution is 5.77. The molecule has 0 radical (unpaired) electrons. The number of rotatable bonds is 3. The molecule has 1 rings (SSSR count). The number of carbonyl (C=O) groups excluding carboxylic acids is 2. The van der Waals surface area contributed by atoms with Crippen LogP contribution in [0.1, 0.15) is 34.1 Å². The summed E-state index contributed by atoms with van der Waals surface area (Å²) in [4.78, 5) is 22.1. The van der Waals surface area contributed by atoms with Crippen molar-refractivity contribution in [3.63, 3.8) is 0 Å². The molecule has 0 amide bonds. The second-order valence-electron chi connectivity index (χ2n) is 4.59. The quantitative estimate of drug-likeness (QED) is 0.720. The number of esters is 1. The summed E-state index contributed by atoms with van der Waals surface area (Å²) in [6.07, 6.45) is -1.48. The minimum Gasteiger partial charge on any atom is -0.459 e. The zero-order chi connectivity index (χ0) is 12.5. The van der Waals surface area contributed by atoms with Crippen LogP contribution in [0.2, 0.25) is 0 Å². The van der Waals surface area contributed by atoms with Crippen LogP contribution < -0.4 is 0 Å². The third kappa shape index (κ3) is 2.59. The van der Waals surface area contributed by atoms with Gasteiger partial charge in [0.1, 0.15) is 17.5 Å². The van der Waals surface area contributed by atoms with Crippen LogP contribution in [0.4, 0.5) is 0 Å². The maximum absolute atomic E-state index is 11.1. The van der Waals surface area contributed by atoms with E-state index in [1.807, 2.05) is 0 Å². The molecule has 0 aromatic heterocycles. The number of carbonyl (C=O) groups is 2. The zero-order valence-corrected chi connectivity index (χ0v) is 10.0. The molecule has 1 fully saturated rings. The van der Waals surface area contributed by atoms with Crippen molar-refractivity contribution in [1.82, 2.24) is 0 Å². The SMILES string of the molecule is CC(=O)C[C@@]1(C)OC(O)[C@@H](C)[C@@H]1OC(C)=O. The third-order valence-corrected chi connectivity index (χ3v) is 2.81. The maximum Gasteiger partial charge on any atom is 0.303 e. The van der Waals surface area contributed by atoms with Crippen molar-refractivity contribution in [2.75, 3.05) is 0 Å². The van der Waals surface area contributed by atoms with Crippen molar-refractivity contribution in [2.24, 2.45) is 5.92 Å². The summed E-state index contributed by atoms with van der Waals surface area (Å²) in [5, 5.41) is 9.60. The van der Waals surface area contributed by atoms with Gasteiger partial charge in [0.15, 0.2) is 6.29 Å². The van der Waals surface area contributed by atoms with E-state index in [2.05, 4.69) is 0 Å². The standard InChI is InChI=1S/C11H18O5/c1-6(12)5-11(4)9(15-8(3)13)7(2)10(14)16-11/h7,9-10,14H,5H2,1-4H3/t7-,9-,10?,11+/m0/s1. The molecule has 0 aliphatic carbocycles. The Morgan fingerprint density at radius 1 is 1.44 bits per heavy atom. The molecule has 5 nitrogen and oxygen atoms in total. The summed E-state index contributed by atoms with van der Waals surface area (Å²) < 4.78 is 10.5. The number of Topliss-reactive ketones (excluding diaryl/α,β-unsaturated/α-hetero) is 1. The monoisotopic (exact) mass is 230 g/mol. The maximum atomic E-state index is 11.1. The van der Waals surface area contributed by atoms with Gasteiger partial charge in [-0.05, 0) is 13.8 Å². The Bertz CT molecular complexity index is 301. The lowest BCUT2D eigenvalue weighted by molar-refractivity contribution is -0.168. The van der Waals surface area contributed by atoms with E-state index >= 15 is 0 Å². The van der Waals surface area contributed by atoms with Gasteiger partial charge in [-0.2, -0.15) is 0 Å². The van der Waals surface area contributed by atoms with Crippen molar-refractivity contribution < 1.29 is 24.2 Å². The molecule has 1 heterocycles. The van der Waals surface area contributed by atoms with E-state index in [0.29, 0.717) is 0 Å². The smallest absolute Gasteiger partial charge is 0.303 e. The van der Waals surface area contributed by atoms with Gasteiger partial charge in [0, 0.05) is 19.3 Å². The fourth-order valence-electron chi connectivity index (χ4n) is 2.20. The molecule has 1 saturated heterocycles. The fourth-order valence-corrected chi connectivity index (χ4v) is 2.20. The van der Waals surface area contributed by atoms with Crippen LogP contribution in [-0.2, 0) is 19.1 Å². The van der Waals surface area contributed by atoms with Crippen LogP contribution in [0, 0.1) is 5.92 Å². The number of hydrogen-bond acceptors (Lipinski definition) is 5. The molecular weight excluding hydrogens is 212 g/mol. The minimum absolute atomic E-state index is 0.0686. The van der Waals surface area contributed by atoms with Crippen LogP contribution in [0.15, 0.2) is 0 Å². The van der Waals surface area contributed by atoms with Gasteiger partial charge in [-0.3, -0.25) is 9.59 Å². The normalized spacial score (nSPS) is 38.4. The lowest BCUT2D eigenvalue weighted by atomic mass is 9.88. The molecule has 0 saturated carbocycles. The molecule has 1 unspecified atom stereocenters. The number of hydrogen-bond donors (Lipinski definition) is 1. The van der Waals surface area contributed by atoms with E-state index in [1.165, 1.54) is 13.8 Å². The molecular formula is C11H18O5. The van der Waals surface area contributed by atoms with Crippen LogP contribution >= 0.6 is 0 Å². The molecule has 0 bridgehead atoms. The average molecular weight is 230 g/mol. The van der Waals surface area contributed by atoms with E-state index in [9.17, 15) is 14.7 Å². The highest BCUT2D eigenvalue weighted by Crippen LogP contribution is 2.38. The Labute approximate surface area is 94.7 Å². The molecule has 0 aromatic carbocycles. The lowest BCUT2D eigenvalue weighted by Crippen LogP contribution is -2.42. The molecule has 0 aromatic rings. The summed E-state index contributed by atoms with van der Waals surface area (Å²) in [7, 11) is 0. The van der Waals surface area contributed by atoms with Crippen molar-refractivity contribution in [3.8, 4) is 0 Å². The predicted molar refractivity (Wildman–Crippen MR) is 55.5 cm³/mol. The van der Waals surface area contributed by atoms with Gasteiger partial charge in [0.05, 0.1) is 0 Å². The van der Waals surface area contributed by atoms with Gasteiger partial charge in [-0.1, -0.05) is 6.92 Å². The average Bonchev–Trinajstić information content (AvgIpc) is 2.27. The molecule has 5 heteroatoms. The Kier molecular flexibility index (Phi) is 3.70. The van der Waals surface area contributed by atoms with E-state index < -0.39 is 24.0 Å². The van der Waals surface area contributed by atoms with Crippen molar-refractivity contribution in [3.05, 3.63) is 0 Å². The second kappa shape index (κ2) is 4.51. The molecule has 0 spiro atoms. The number of aliphatic hydroxyl groups is 1. The topological polar surface area (TPSA) is 72.8 Å². The first-order chi connectivity index (χ1) is 7.26. The zero-order valence-electron chi connectivity index (χ0n) is 10.0. The molecule has 16 heavy (non-hydrogen) atoms. The van der Waals surface area contributed by atoms with Gasteiger partial charge < -0.3 is 14.6 Å². The summed E-state index contributed by atoms with van der Waals surface area (Å²) in [5.41, 5.74) is -0.934. The fraction of sp³-hybridized carbons (Fsp3) is 0.818. The third-order valence-electron chi connectivity index (χ3n) is 2.81. The first-order valence-corrected chi connectivity index (χ1v) is 5.29. The summed E-state index contributed by atoms with van der Waals surface area (Å²) in [6, 6.07) is 0. The largest absolute Gasteiger partial charge is 0.459 e. The Hall–Kier alpha value is -0.940. The van der Waals surface area contributed by atoms with E-state index in [4.69, 9.17) is 9.47 Å². The highest BCUT2D eigenvalue weighted by atomic mass is 16.7. The molecule has 1 aliphatic rings. The highest BCUT2D eigenvalue weighted by Gasteiger charge is 2.52. The second-order valence-corrected chi connectivity index (χ2v) is 4.59. The first kappa shape index (κ1) is 13.1. The molecule has 92 valence electrons. The molecule has 1 aliphatic heterocycles. The van der Waals surface area contributed by atoms with Gasteiger partial charge in [-0.15, -0.1) is 0 Å². The molecule has 1 N–H and O–H groups in total. The number of ketones is 1. The van der Waals surface area contributed by atoms with Crippen LogP contribution in [0.25, 0.3) is 0 Å². The summed E-state index contributed by atoms with van der Waals surface area (Å²) >= 11 is 0.